The molecule has 2 atom stereocenters. The molecule has 2 unspecified atom stereocenters. The smallest absolute Gasteiger partial charge is 0.0920 e. The van der Waals surface area contributed by atoms with Gasteiger partial charge in [-0.05, 0) is 34.8 Å². The molecular formula is C56H57Cl2SiZr-3. The van der Waals surface area contributed by atoms with Crippen LogP contribution in [0.2, 0.25) is 0 Å². The summed E-state index contributed by atoms with van der Waals surface area (Å²) in [6.07, 6.45) is 2.38. The van der Waals surface area contributed by atoms with Crippen molar-refractivity contribution in [3.05, 3.63) is 180 Å². The van der Waals surface area contributed by atoms with Crippen LogP contribution in [0.5, 0.6) is 0 Å². The minimum atomic E-state index is -0.826. The molecule has 60 heavy (non-hydrogen) atoms. The number of hydrogen-bond donors (Lipinski definition) is 0. The number of rotatable bonds is 8. The van der Waals surface area contributed by atoms with E-state index < -0.39 is 20.8 Å². The number of fused-ring (bicyclic) bond motifs is 5. The second-order valence-corrected chi connectivity index (χ2v) is 21.5. The maximum Gasteiger partial charge on any atom is 0.0920 e. The largest absolute Gasteiger partial charge is 0.184 e. The summed E-state index contributed by atoms with van der Waals surface area (Å²) in [5.74, 6) is 2.31. The van der Waals surface area contributed by atoms with Crippen molar-refractivity contribution >= 4 is 58.5 Å². The predicted octanol–water partition coefficient (Wildman–Crippen LogP) is 16.2. The molecule has 1 aliphatic rings. The van der Waals surface area contributed by atoms with Gasteiger partial charge in [-0.1, -0.05) is 186 Å². The molecule has 0 aromatic heterocycles. The Morgan fingerprint density at radius 1 is 0.550 bits per heavy atom. The number of hydrogen-bond acceptors (Lipinski definition) is 0. The van der Waals surface area contributed by atoms with Crippen molar-refractivity contribution in [2.45, 2.75) is 91.9 Å². The van der Waals surface area contributed by atoms with Crippen molar-refractivity contribution in [3.8, 4) is 33.4 Å². The first kappa shape index (κ1) is 45.7. The van der Waals surface area contributed by atoms with Crippen LogP contribution >= 0.6 is 17.0 Å². The Morgan fingerprint density at radius 2 is 0.983 bits per heavy atom. The van der Waals surface area contributed by atoms with E-state index in [0.29, 0.717) is 23.7 Å². The molecule has 8 aromatic rings. The summed E-state index contributed by atoms with van der Waals surface area (Å²) in [7, 11) is 10.7. The van der Waals surface area contributed by atoms with Gasteiger partial charge in [-0.15, -0.1) is 74.6 Å². The molecule has 1 heterocycles. The molecule has 4 heteroatoms. The molecule has 2 radical (unpaired) electrons. The quantitative estimate of drug-likeness (QED) is 0.105. The minimum Gasteiger partial charge on any atom is -0.184 e. The molecule has 9 rings (SSSR count). The zero-order valence-electron chi connectivity index (χ0n) is 36.4. The third kappa shape index (κ3) is 10.6. The molecule has 1 aliphatic heterocycles. The third-order valence-corrected chi connectivity index (χ3v) is 13.3. The van der Waals surface area contributed by atoms with Crippen LogP contribution in [0.3, 0.4) is 0 Å². The Balaban J connectivity index is 0.000000150. The molecule has 306 valence electrons. The first-order valence-electron chi connectivity index (χ1n) is 21.5. The monoisotopic (exact) mass is 917 g/mol. The second-order valence-electron chi connectivity index (χ2n) is 16.5. The number of halogens is 2. The van der Waals surface area contributed by atoms with Crippen molar-refractivity contribution < 1.29 is 20.8 Å². The molecule has 0 saturated heterocycles. The second kappa shape index (κ2) is 21.8. The molecule has 0 N–H and O–H groups in total. The fraction of sp³-hybridized carbons (Fsp3) is 0.250. The van der Waals surface area contributed by atoms with Gasteiger partial charge < -0.3 is 0 Å². The van der Waals surface area contributed by atoms with Crippen LogP contribution in [0.4, 0.5) is 0 Å². The van der Waals surface area contributed by atoms with E-state index in [0.717, 1.165) is 9.52 Å². The average molecular weight is 920 g/mol. The van der Waals surface area contributed by atoms with Crippen molar-refractivity contribution in [2.24, 2.45) is 0 Å². The van der Waals surface area contributed by atoms with Gasteiger partial charge in [-0.3, -0.25) is 0 Å². The van der Waals surface area contributed by atoms with Crippen LogP contribution < -0.4 is 10.4 Å². The van der Waals surface area contributed by atoms with Crippen molar-refractivity contribution in [3.63, 3.8) is 0 Å². The molecular weight excluding hydrogens is 863 g/mol. The molecule has 0 amide bonds. The minimum absolute atomic E-state index is 0.529. The summed E-state index contributed by atoms with van der Waals surface area (Å²) in [6.45, 7) is 18.3. The number of benzene rings is 6. The molecule has 0 saturated carbocycles. The first-order chi connectivity index (χ1) is 29.1. The van der Waals surface area contributed by atoms with Gasteiger partial charge in [0.05, 0.1) is 9.52 Å². The van der Waals surface area contributed by atoms with Crippen LogP contribution in [0.1, 0.15) is 114 Å². The zero-order valence-corrected chi connectivity index (χ0v) is 41.4. The summed E-state index contributed by atoms with van der Waals surface area (Å²) in [5.41, 5.74) is 14.1. The van der Waals surface area contributed by atoms with Crippen LogP contribution in [-0.2, 0) is 20.8 Å². The SMILES string of the molecule is CCC(C)c1cc2c(-c3ccccc3)c(C(C)C)ccc2[cH-]1.CCC(C)c1cc2c(-c3ccccc3)c(C(C)C)ccc2[cH-]1.[Cl][Zr][Cl].[c-]1cccc2c1[Si]c1ccccc1-2. The van der Waals surface area contributed by atoms with E-state index >= 15 is 0 Å². The topological polar surface area (TPSA) is 0 Å². The van der Waals surface area contributed by atoms with Gasteiger partial charge in [-0.2, -0.15) is 41.6 Å². The van der Waals surface area contributed by atoms with Gasteiger partial charge in [0.15, 0.2) is 0 Å². The summed E-state index contributed by atoms with van der Waals surface area (Å²) >= 11 is -0.826. The average Bonchev–Trinajstić information content (AvgIpc) is 4.02. The van der Waals surface area contributed by atoms with E-state index in [-0.39, 0.29) is 0 Å². The van der Waals surface area contributed by atoms with Crippen LogP contribution in [0.15, 0.2) is 152 Å². The maximum absolute atomic E-state index is 4.93. The Kier molecular flexibility index (Phi) is 16.6. The Labute approximate surface area is 381 Å². The van der Waals surface area contributed by atoms with Crippen molar-refractivity contribution in [1.29, 1.82) is 0 Å². The zero-order chi connectivity index (χ0) is 42.8. The summed E-state index contributed by atoms with van der Waals surface area (Å²) < 4.78 is 0. The van der Waals surface area contributed by atoms with Gasteiger partial charge in [-0.25, -0.2) is 0 Å². The van der Waals surface area contributed by atoms with Gasteiger partial charge >= 0.3 is 37.9 Å². The van der Waals surface area contributed by atoms with Crippen LogP contribution in [0.25, 0.3) is 54.9 Å². The van der Waals surface area contributed by atoms with Gasteiger partial charge in [0, 0.05) is 0 Å². The van der Waals surface area contributed by atoms with E-state index in [9.17, 15) is 0 Å². The Morgan fingerprint density at radius 3 is 1.43 bits per heavy atom. The van der Waals surface area contributed by atoms with Gasteiger partial charge in [0.2, 0.25) is 0 Å². The van der Waals surface area contributed by atoms with Gasteiger partial charge in [0.1, 0.15) is 0 Å². The van der Waals surface area contributed by atoms with E-state index in [1.165, 1.54) is 100 Å². The molecule has 0 fully saturated rings. The Hall–Kier alpha value is -3.78. The fourth-order valence-corrected chi connectivity index (χ4v) is 9.54. The van der Waals surface area contributed by atoms with Crippen LogP contribution in [0, 0.1) is 6.07 Å². The van der Waals surface area contributed by atoms with Crippen LogP contribution in [-0.4, -0.2) is 9.52 Å². The summed E-state index contributed by atoms with van der Waals surface area (Å²) in [6, 6.07) is 58.6. The summed E-state index contributed by atoms with van der Waals surface area (Å²) in [4.78, 5) is 0. The standard InChI is InChI=1S/2C22H25.C12H7Si.2ClH.Zr/c2*1-5-16(4)19-13-18-11-12-20(15(2)3)22(21(18)14-19)17-9-7-6-8-10-17;1-3-7-11-9(5-1)10-6-2-4-8-12(10)13-11;;;/h2*6-16H,5H2,1-4H3;1-7H;2*1H;/q3*-1;;;+2/p-2. The molecule has 0 nitrogen and oxygen atoms in total. The third-order valence-electron chi connectivity index (χ3n) is 12.0. The normalized spacial score (nSPS) is 12.4. The van der Waals surface area contributed by atoms with Crippen molar-refractivity contribution in [2.75, 3.05) is 0 Å². The molecule has 0 spiro atoms. The Bertz CT molecular complexity index is 2400. The van der Waals surface area contributed by atoms with Crippen molar-refractivity contribution in [1.82, 2.24) is 0 Å². The molecule has 0 aliphatic carbocycles. The maximum atomic E-state index is 4.93. The fourth-order valence-electron chi connectivity index (χ4n) is 8.23. The summed E-state index contributed by atoms with van der Waals surface area (Å²) in [5, 5.41) is 8.39. The van der Waals surface area contributed by atoms with E-state index in [2.05, 4.69) is 207 Å². The van der Waals surface area contributed by atoms with E-state index in [1.807, 2.05) is 6.07 Å². The predicted molar refractivity (Wildman–Crippen MR) is 263 cm³/mol. The molecule has 8 aromatic carbocycles. The van der Waals surface area contributed by atoms with Gasteiger partial charge in [0.25, 0.3) is 0 Å². The van der Waals surface area contributed by atoms with E-state index in [1.54, 1.807) is 0 Å². The van der Waals surface area contributed by atoms with E-state index in [4.69, 9.17) is 17.0 Å². The molecule has 0 bridgehead atoms. The first-order valence-corrected chi connectivity index (χ1v) is 28.8.